The fraction of sp³-hybridized carbons (Fsp3) is 0.440. The number of hydrogen-bond donors (Lipinski definition) is 0. The van der Waals surface area contributed by atoms with Crippen LogP contribution in [0.3, 0.4) is 0 Å². The van der Waals surface area contributed by atoms with Crippen LogP contribution in [0.4, 0.5) is 5.69 Å². The fourth-order valence-electron chi connectivity index (χ4n) is 4.89. The molecule has 1 amide bonds. The summed E-state index contributed by atoms with van der Waals surface area (Å²) >= 11 is 0. The van der Waals surface area contributed by atoms with E-state index in [0.717, 1.165) is 43.9 Å². The van der Waals surface area contributed by atoms with Gasteiger partial charge in [0.2, 0.25) is 0 Å². The highest BCUT2D eigenvalue weighted by atomic mass is 16.5. The van der Waals surface area contributed by atoms with Gasteiger partial charge in [0.15, 0.2) is 0 Å². The second kappa shape index (κ2) is 9.30. The van der Waals surface area contributed by atoms with Crippen molar-refractivity contribution in [3.63, 3.8) is 0 Å². The zero-order valence-electron chi connectivity index (χ0n) is 18.9. The molecular formula is C25H30N2O5. The molecule has 0 radical (unpaired) electrons. The van der Waals surface area contributed by atoms with E-state index < -0.39 is 0 Å². The Morgan fingerprint density at radius 1 is 1.00 bits per heavy atom. The molecule has 1 fully saturated rings. The monoisotopic (exact) mass is 438 g/mol. The highest BCUT2D eigenvalue weighted by Crippen LogP contribution is 2.48. The first-order valence-electron chi connectivity index (χ1n) is 10.9. The molecule has 1 spiro atoms. The Hall–Kier alpha value is -2.90. The van der Waals surface area contributed by atoms with Crippen LogP contribution >= 0.6 is 0 Å². The SMILES string of the molecule is COCC(=O)N1CC2(CCN(Cc3ccc(C(=O)OC)cc3)CC2)c2cc(OC)ccc21. The van der Waals surface area contributed by atoms with Crippen molar-refractivity contribution in [3.05, 3.63) is 59.2 Å². The lowest BCUT2D eigenvalue weighted by Crippen LogP contribution is -2.46. The van der Waals surface area contributed by atoms with Gasteiger partial charge in [-0.2, -0.15) is 0 Å². The highest BCUT2D eigenvalue weighted by Gasteiger charge is 2.46. The van der Waals surface area contributed by atoms with Gasteiger partial charge < -0.3 is 19.1 Å². The van der Waals surface area contributed by atoms with Crippen LogP contribution in [0.2, 0.25) is 0 Å². The fourth-order valence-corrected chi connectivity index (χ4v) is 4.89. The van der Waals surface area contributed by atoms with Gasteiger partial charge in [0, 0.05) is 31.3 Å². The van der Waals surface area contributed by atoms with Crippen molar-refractivity contribution < 1.29 is 23.8 Å². The van der Waals surface area contributed by atoms with Crippen molar-refractivity contribution in [3.8, 4) is 5.75 Å². The molecule has 0 bridgehead atoms. The third-order valence-corrected chi connectivity index (χ3v) is 6.69. The molecule has 2 aromatic carbocycles. The zero-order valence-corrected chi connectivity index (χ0v) is 18.9. The first-order chi connectivity index (χ1) is 15.5. The number of hydrogen-bond acceptors (Lipinski definition) is 6. The number of piperidine rings is 1. The number of methoxy groups -OCH3 is 3. The third kappa shape index (κ3) is 4.23. The first-order valence-corrected chi connectivity index (χ1v) is 10.9. The summed E-state index contributed by atoms with van der Waals surface area (Å²) in [7, 11) is 4.61. The molecule has 0 atom stereocenters. The maximum atomic E-state index is 12.7. The number of likely N-dealkylation sites (tertiary alicyclic amines) is 1. The van der Waals surface area contributed by atoms with E-state index in [4.69, 9.17) is 14.2 Å². The number of anilines is 1. The van der Waals surface area contributed by atoms with Gasteiger partial charge in [0.25, 0.3) is 5.91 Å². The van der Waals surface area contributed by atoms with E-state index in [1.165, 1.54) is 18.2 Å². The summed E-state index contributed by atoms with van der Waals surface area (Å²) in [5.41, 5.74) is 3.83. The van der Waals surface area contributed by atoms with E-state index in [1.807, 2.05) is 41.3 Å². The van der Waals surface area contributed by atoms with E-state index in [1.54, 1.807) is 14.2 Å². The molecule has 7 nitrogen and oxygen atoms in total. The molecular weight excluding hydrogens is 408 g/mol. The van der Waals surface area contributed by atoms with Gasteiger partial charge in [-0.1, -0.05) is 12.1 Å². The van der Waals surface area contributed by atoms with Gasteiger partial charge in [0.1, 0.15) is 12.4 Å². The van der Waals surface area contributed by atoms with Gasteiger partial charge in [0.05, 0.1) is 19.8 Å². The Bertz CT molecular complexity index is 980. The van der Waals surface area contributed by atoms with Crippen LogP contribution < -0.4 is 9.64 Å². The second-order valence-corrected chi connectivity index (χ2v) is 8.54. The maximum Gasteiger partial charge on any atom is 0.337 e. The van der Waals surface area contributed by atoms with E-state index in [0.29, 0.717) is 12.1 Å². The third-order valence-electron chi connectivity index (χ3n) is 6.69. The van der Waals surface area contributed by atoms with Gasteiger partial charge in [-0.05, 0) is 67.4 Å². The normalized spacial score (nSPS) is 17.3. The highest BCUT2D eigenvalue weighted by molar-refractivity contribution is 5.97. The van der Waals surface area contributed by atoms with Gasteiger partial charge in [-0.25, -0.2) is 4.79 Å². The van der Waals surface area contributed by atoms with Crippen LogP contribution in [-0.2, 0) is 26.2 Å². The van der Waals surface area contributed by atoms with Crippen LogP contribution in [-0.4, -0.2) is 64.3 Å². The lowest BCUT2D eigenvalue weighted by atomic mass is 9.74. The van der Waals surface area contributed by atoms with E-state index in [2.05, 4.69) is 11.0 Å². The Balaban J connectivity index is 1.48. The maximum absolute atomic E-state index is 12.7. The summed E-state index contributed by atoms with van der Waals surface area (Å²) in [6, 6.07) is 13.6. The van der Waals surface area contributed by atoms with E-state index in [-0.39, 0.29) is 23.9 Å². The summed E-state index contributed by atoms with van der Waals surface area (Å²) in [6.07, 6.45) is 1.92. The number of esters is 1. The van der Waals surface area contributed by atoms with Crippen LogP contribution in [0, 0.1) is 0 Å². The summed E-state index contributed by atoms with van der Waals surface area (Å²) in [5, 5.41) is 0. The number of ether oxygens (including phenoxy) is 3. The van der Waals surface area contributed by atoms with E-state index >= 15 is 0 Å². The molecule has 0 aliphatic carbocycles. The quantitative estimate of drug-likeness (QED) is 0.646. The predicted octanol–water partition coefficient (Wildman–Crippen LogP) is 3.01. The first kappa shape index (κ1) is 22.3. The lowest BCUT2D eigenvalue weighted by Gasteiger charge is -2.40. The molecule has 0 saturated carbocycles. The minimum atomic E-state index is -0.320. The number of amides is 1. The average Bonchev–Trinajstić information content (AvgIpc) is 3.14. The van der Waals surface area contributed by atoms with Crippen LogP contribution in [0.15, 0.2) is 42.5 Å². The molecule has 32 heavy (non-hydrogen) atoms. The molecule has 2 aliphatic heterocycles. The van der Waals surface area contributed by atoms with Crippen LogP contribution in [0.25, 0.3) is 0 Å². The molecule has 7 heteroatoms. The lowest BCUT2D eigenvalue weighted by molar-refractivity contribution is -0.122. The van der Waals surface area contributed by atoms with Gasteiger partial charge >= 0.3 is 5.97 Å². The summed E-state index contributed by atoms with van der Waals surface area (Å²) in [4.78, 5) is 28.7. The molecule has 0 aromatic heterocycles. The average molecular weight is 439 g/mol. The molecule has 1 saturated heterocycles. The van der Waals surface area contributed by atoms with Crippen molar-refractivity contribution in [2.75, 3.05) is 52.5 Å². The van der Waals surface area contributed by atoms with Crippen molar-refractivity contribution in [1.29, 1.82) is 0 Å². The smallest absolute Gasteiger partial charge is 0.337 e. The number of fused-ring (bicyclic) bond motifs is 2. The Morgan fingerprint density at radius 2 is 1.72 bits per heavy atom. The number of rotatable bonds is 6. The van der Waals surface area contributed by atoms with Gasteiger partial charge in [-0.3, -0.25) is 9.69 Å². The predicted molar refractivity (Wildman–Crippen MR) is 121 cm³/mol. The Kier molecular flexibility index (Phi) is 6.48. The molecule has 2 heterocycles. The number of benzene rings is 2. The molecule has 2 aromatic rings. The minimum Gasteiger partial charge on any atom is -0.497 e. The van der Waals surface area contributed by atoms with Gasteiger partial charge in [-0.15, -0.1) is 0 Å². The molecule has 4 rings (SSSR count). The number of carbonyl (C=O) groups is 2. The summed E-state index contributed by atoms with van der Waals surface area (Å²) < 4.78 is 15.4. The number of nitrogens with zero attached hydrogens (tertiary/aromatic N) is 2. The Labute approximate surface area is 188 Å². The summed E-state index contributed by atoms with van der Waals surface area (Å²) in [6.45, 7) is 3.45. The molecule has 0 N–H and O–H groups in total. The van der Waals surface area contributed by atoms with Crippen molar-refractivity contribution >= 4 is 17.6 Å². The minimum absolute atomic E-state index is 0.0103. The van der Waals surface area contributed by atoms with Crippen LogP contribution in [0.1, 0.15) is 34.3 Å². The zero-order chi connectivity index (χ0) is 22.7. The molecule has 0 unspecified atom stereocenters. The Morgan fingerprint density at radius 3 is 2.34 bits per heavy atom. The molecule has 170 valence electrons. The van der Waals surface area contributed by atoms with Crippen LogP contribution in [0.5, 0.6) is 5.75 Å². The standard InChI is InChI=1S/C25H30N2O5/c1-30-16-23(28)27-17-25(21-14-20(31-2)8-9-22(21)27)10-12-26(13-11-25)15-18-4-6-19(7-5-18)24(29)32-3/h4-9,14H,10-13,15-17H2,1-3H3. The summed E-state index contributed by atoms with van der Waals surface area (Å²) in [5.74, 6) is 0.487. The van der Waals surface area contributed by atoms with Crippen molar-refractivity contribution in [2.45, 2.75) is 24.8 Å². The van der Waals surface area contributed by atoms with E-state index in [9.17, 15) is 9.59 Å². The topological polar surface area (TPSA) is 68.3 Å². The van der Waals surface area contributed by atoms with Crippen molar-refractivity contribution in [2.24, 2.45) is 0 Å². The van der Waals surface area contributed by atoms with Crippen molar-refractivity contribution in [1.82, 2.24) is 4.90 Å². The number of carbonyl (C=O) groups excluding carboxylic acids is 2. The second-order valence-electron chi connectivity index (χ2n) is 8.54. The molecule has 2 aliphatic rings. The largest absolute Gasteiger partial charge is 0.497 e.